The number of halogens is 3. The third kappa shape index (κ3) is 5.09. The van der Waals surface area contributed by atoms with Gasteiger partial charge in [-0.05, 0) is 75.8 Å². The lowest BCUT2D eigenvalue weighted by atomic mass is 9.69. The number of methoxy groups -OCH3 is 1. The fourth-order valence-electron chi connectivity index (χ4n) is 9.45. The monoisotopic (exact) mass is 682 g/mol. The maximum Gasteiger partial charge on any atom is 0.333 e. The first-order chi connectivity index (χ1) is 21.8. The van der Waals surface area contributed by atoms with E-state index in [2.05, 4.69) is 15.4 Å². The second kappa shape index (κ2) is 12.3. The highest BCUT2D eigenvalue weighted by atomic mass is 35.5. The van der Waals surface area contributed by atoms with Crippen LogP contribution in [0.15, 0.2) is 34.5 Å². The van der Waals surface area contributed by atoms with Gasteiger partial charge in [-0.2, -0.15) is 4.91 Å². The number of carbonyl (C=O) groups excluding carboxylic acids is 1. The van der Waals surface area contributed by atoms with E-state index < -0.39 is 64.0 Å². The molecule has 46 heavy (non-hydrogen) atoms. The first kappa shape index (κ1) is 33.7. The molecule has 1 aromatic carbocycles. The van der Waals surface area contributed by atoms with Crippen LogP contribution in [0.5, 0.6) is 0 Å². The molecular weight excluding hydrogens is 642 g/mol. The first-order valence-electron chi connectivity index (χ1n) is 16.0. The maximum atomic E-state index is 16.0. The van der Waals surface area contributed by atoms with Crippen LogP contribution in [0.1, 0.15) is 70.3 Å². The molecule has 0 radical (unpaired) electrons. The number of hydrogen-bond acceptors (Lipinski definition) is 10. The third-order valence-electron chi connectivity index (χ3n) is 11.9. The fraction of sp³-hybridized carbons (Fsp3) is 0.719. The number of nitroso groups, excluding NO2 is 1. The molecule has 1 aromatic rings. The summed E-state index contributed by atoms with van der Waals surface area (Å²) in [7, 11) is 1.20. The van der Waals surface area contributed by atoms with Crippen LogP contribution in [0, 0.1) is 38.6 Å². The van der Waals surface area contributed by atoms with Crippen molar-refractivity contribution in [1.82, 2.24) is 10.2 Å². The van der Waals surface area contributed by atoms with Crippen molar-refractivity contribution in [2.45, 2.75) is 112 Å². The number of ether oxygens (including phenoxy) is 1. The second-order valence-electron chi connectivity index (χ2n) is 14.2. The van der Waals surface area contributed by atoms with E-state index in [-0.39, 0.29) is 53.1 Å². The Balaban J connectivity index is 1.48. The molecule has 0 bridgehead atoms. The van der Waals surface area contributed by atoms with Crippen molar-refractivity contribution in [3.05, 3.63) is 60.8 Å². The number of nitrogens with zero attached hydrogens (tertiary/aromatic N) is 3. The second-order valence-corrected chi connectivity index (χ2v) is 15.1. The smallest absolute Gasteiger partial charge is 0.333 e. The zero-order valence-electron chi connectivity index (χ0n) is 26.1. The van der Waals surface area contributed by atoms with Gasteiger partial charge in [0.1, 0.15) is 17.6 Å². The van der Waals surface area contributed by atoms with Crippen LogP contribution in [0.25, 0.3) is 0 Å². The molecule has 0 aromatic heterocycles. The molecule has 3 aliphatic carbocycles. The SMILES string of the molecule is COC(=O)C1=C(C)CC(C(O)C(C)(N=O)C2CC(c3cccc(Cl)c3F)C3(C(O)NC4C(Cl)CCC43)N2CC2CC2)C([N+](=O)[O-])C1. The van der Waals surface area contributed by atoms with Crippen LogP contribution < -0.4 is 5.32 Å². The predicted molar refractivity (Wildman–Crippen MR) is 168 cm³/mol. The van der Waals surface area contributed by atoms with Gasteiger partial charge in [0.2, 0.25) is 6.04 Å². The zero-order valence-corrected chi connectivity index (χ0v) is 27.6. The van der Waals surface area contributed by atoms with Crippen LogP contribution in [0.2, 0.25) is 5.02 Å². The molecule has 2 saturated heterocycles. The number of rotatable bonds is 9. The van der Waals surface area contributed by atoms with Gasteiger partial charge in [-0.1, -0.05) is 34.5 Å². The van der Waals surface area contributed by atoms with Crippen LogP contribution in [0.3, 0.4) is 0 Å². The van der Waals surface area contributed by atoms with E-state index in [4.69, 9.17) is 27.9 Å². The van der Waals surface area contributed by atoms with E-state index in [9.17, 15) is 30.0 Å². The van der Waals surface area contributed by atoms with Crippen molar-refractivity contribution >= 4 is 29.2 Å². The van der Waals surface area contributed by atoms with Crippen molar-refractivity contribution in [3.63, 3.8) is 0 Å². The van der Waals surface area contributed by atoms with Gasteiger partial charge in [0.05, 0.1) is 29.7 Å². The highest BCUT2D eigenvalue weighted by Crippen LogP contribution is 2.62. The van der Waals surface area contributed by atoms with Gasteiger partial charge in [0.15, 0.2) is 0 Å². The average Bonchev–Trinajstić information content (AvgIpc) is 3.60. The molecule has 3 N–H and O–H groups in total. The number of carbonyl (C=O) groups is 1. The van der Waals surface area contributed by atoms with E-state index in [0.29, 0.717) is 30.5 Å². The summed E-state index contributed by atoms with van der Waals surface area (Å²) in [6.45, 7) is 3.64. The standard InChI is InChI=1S/C32H41Cl2FN4O7/c1-15-11-19(24(39(44)45)12-18(15)29(41)46-3)28(40)31(2,37-43)25-13-21(17-5-4-6-22(33)26(17)35)32(38(25)14-16-7-8-16)20-9-10-23(34)27(20)36-30(32)42/h4-6,16,19-21,23-25,27-28,30,36,40,42H,7-14H2,1-3H3. The summed E-state index contributed by atoms with van der Waals surface area (Å²) >= 11 is 13.1. The van der Waals surface area contributed by atoms with Gasteiger partial charge in [-0.15, -0.1) is 11.6 Å². The Morgan fingerprint density at radius 1 is 1.33 bits per heavy atom. The summed E-state index contributed by atoms with van der Waals surface area (Å²) in [6.07, 6.45) is 0.298. The summed E-state index contributed by atoms with van der Waals surface area (Å²) in [5.74, 6) is -2.98. The van der Waals surface area contributed by atoms with Crippen LogP contribution >= 0.6 is 23.2 Å². The number of nitrogens with one attached hydrogen (secondary N) is 1. The number of likely N-dealkylation sites (tertiary alicyclic amines) is 1. The summed E-state index contributed by atoms with van der Waals surface area (Å²) in [5, 5.41) is 43.1. The van der Waals surface area contributed by atoms with Crippen molar-refractivity contribution < 1.29 is 29.1 Å². The lowest BCUT2D eigenvalue weighted by Gasteiger charge is -2.50. The lowest BCUT2D eigenvalue weighted by molar-refractivity contribution is -0.535. The summed E-state index contributed by atoms with van der Waals surface area (Å²) in [4.78, 5) is 39.5. The van der Waals surface area contributed by atoms with E-state index in [0.717, 1.165) is 12.8 Å². The van der Waals surface area contributed by atoms with Crippen LogP contribution in [0.4, 0.5) is 4.39 Å². The molecule has 2 heterocycles. The number of hydrogen-bond donors (Lipinski definition) is 3. The van der Waals surface area contributed by atoms with Crippen LogP contribution in [-0.2, 0) is 9.53 Å². The number of aliphatic hydroxyl groups excluding tert-OH is 2. The highest BCUT2D eigenvalue weighted by molar-refractivity contribution is 6.30. The largest absolute Gasteiger partial charge is 0.466 e. The van der Waals surface area contributed by atoms with Crippen molar-refractivity contribution in [2.24, 2.45) is 22.9 Å². The Morgan fingerprint density at radius 2 is 2.04 bits per heavy atom. The molecule has 2 saturated carbocycles. The summed E-state index contributed by atoms with van der Waals surface area (Å²) in [5.41, 5.74) is -1.92. The van der Waals surface area contributed by atoms with E-state index >= 15 is 4.39 Å². The number of allylic oxidation sites excluding steroid dienone is 1. The molecule has 252 valence electrons. The molecule has 4 fully saturated rings. The molecule has 6 rings (SSSR count). The minimum atomic E-state index is -1.82. The Bertz CT molecular complexity index is 1450. The van der Waals surface area contributed by atoms with Crippen LogP contribution in [-0.4, -0.2) is 86.6 Å². The first-order valence-corrected chi connectivity index (χ1v) is 16.8. The number of esters is 1. The van der Waals surface area contributed by atoms with E-state index in [1.807, 2.05) is 0 Å². The quantitative estimate of drug-likeness (QED) is 0.112. The molecular formula is C32H41Cl2FN4O7. The fourth-order valence-corrected chi connectivity index (χ4v) is 10.0. The van der Waals surface area contributed by atoms with Crippen molar-refractivity contribution in [3.8, 4) is 0 Å². The third-order valence-corrected chi connectivity index (χ3v) is 12.7. The van der Waals surface area contributed by atoms with E-state index in [1.54, 1.807) is 19.1 Å². The number of aliphatic hydroxyl groups is 2. The Hall–Kier alpha value is -2.22. The molecule has 2 aliphatic heterocycles. The van der Waals surface area contributed by atoms with Gasteiger partial charge in [-0.25, -0.2) is 9.18 Å². The number of fused-ring (bicyclic) bond motifs is 2. The highest BCUT2D eigenvalue weighted by Gasteiger charge is 2.72. The average molecular weight is 684 g/mol. The van der Waals surface area contributed by atoms with Gasteiger partial charge in [0, 0.05) is 46.8 Å². The zero-order chi connectivity index (χ0) is 33.3. The minimum Gasteiger partial charge on any atom is -0.466 e. The van der Waals surface area contributed by atoms with E-state index in [1.165, 1.54) is 20.1 Å². The van der Waals surface area contributed by atoms with Gasteiger partial charge >= 0.3 is 5.97 Å². The molecule has 0 amide bonds. The molecule has 14 heteroatoms. The molecule has 11 atom stereocenters. The van der Waals surface area contributed by atoms with Crippen molar-refractivity contribution in [1.29, 1.82) is 0 Å². The topological polar surface area (TPSA) is 155 Å². The summed E-state index contributed by atoms with van der Waals surface area (Å²) in [6, 6.07) is 2.28. The molecule has 1 spiro atoms. The van der Waals surface area contributed by atoms with Gasteiger partial charge < -0.3 is 14.9 Å². The predicted octanol–water partition coefficient (Wildman–Crippen LogP) is 4.52. The Morgan fingerprint density at radius 3 is 2.67 bits per heavy atom. The lowest BCUT2D eigenvalue weighted by Crippen LogP contribution is -2.65. The van der Waals surface area contributed by atoms with Gasteiger partial charge in [-0.3, -0.25) is 20.3 Å². The minimum absolute atomic E-state index is 0.0159. The molecule has 5 aliphatic rings. The number of nitro groups is 1. The molecule has 11 unspecified atom stereocenters. The van der Waals surface area contributed by atoms with Gasteiger partial charge in [0.25, 0.3) is 0 Å². The maximum absolute atomic E-state index is 16.0. The number of alkyl halides is 1. The normalized spacial score (nSPS) is 38.1. The van der Waals surface area contributed by atoms with Crippen molar-refractivity contribution in [2.75, 3.05) is 13.7 Å². The number of benzene rings is 1. The Labute approximate surface area is 276 Å². The summed E-state index contributed by atoms with van der Waals surface area (Å²) < 4.78 is 20.8. The molecule has 11 nitrogen and oxygen atoms in total. The Kier molecular flexibility index (Phi) is 9.04.